The van der Waals surface area contributed by atoms with Crippen LogP contribution in [0.15, 0.2) is 6.33 Å². The summed E-state index contributed by atoms with van der Waals surface area (Å²) in [6.07, 6.45) is 15.9. The van der Waals surface area contributed by atoms with Crippen molar-refractivity contribution in [3.8, 4) is 0 Å². The van der Waals surface area contributed by atoms with Crippen LogP contribution in [0.4, 0.5) is 5.82 Å². The van der Waals surface area contributed by atoms with Crippen molar-refractivity contribution in [2.24, 2.45) is 29.1 Å². The topological polar surface area (TPSA) is 58.1 Å². The molecule has 1 amide bonds. The van der Waals surface area contributed by atoms with Crippen LogP contribution in [0.5, 0.6) is 0 Å². The van der Waals surface area contributed by atoms with Crippen LogP contribution in [0.2, 0.25) is 0 Å². The van der Waals surface area contributed by atoms with Crippen molar-refractivity contribution in [3.05, 3.63) is 17.6 Å². The third kappa shape index (κ3) is 3.25. The second-order valence-corrected chi connectivity index (χ2v) is 10.9. The molecule has 5 nitrogen and oxygen atoms in total. The molecular formula is C24H34N4O. The van der Waals surface area contributed by atoms with Crippen LogP contribution in [0.25, 0.3) is 0 Å². The van der Waals surface area contributed by atoms with Gasteiger partial charge in [-0.05, 0) is 81.0 Å². The third-order valence-electron chi connectivity index (χ3n) is 8.82. The first-order valence-corrected chi connectivity index (χ1v) is 12.0. The third-order valence-corrected chi connectivity index (χ3v) is 8.82. The minimum Gasteiger partial charge on any atom is -0.369 e. The molecule has 2 heterocycles. The maximum Gasteiger partial charge on any atom is 0.226 e. The summed E-state index contributed by atoms with van der Waals surface area (Å²) in [4.78, 5) is 24.1. The number of aromatic nitrogens is 2. The normalized spacial score (nSPS) is 35.7. The van der Waals surface area contributed by atoms with E-state index in [0.717, 1.165) is 61.6 Å². The zero-order chi connectivity index (χ0) is 19.4. The van der Waals surface area contributed by atoms with Crippen LogP contribution in [0.3, 0.4) is 0 Å². The van der Waals surface area contributed by atoms with Crippen molar-refractivity contribution in [2.75, 3.05) is 18.4 Å². The van der Waals surface area contributed by atoms with E-state index in [-0.39, 0.29) is 5.92 Å². The number of hydrogen-bond acceptors (Lipinski definition) is 4. The Kier molecular flexibility index (Phi) is 4.35. The first-order valence-electron chi connectivity index (χ1n) is 12.0. The maximum absolute atomic E-state index is 12.8. The highest BCUT2D eigenvalue weighted by molar-refractivity contribution is 5.79. The summed E-state index contributed by atoms with van der Waals surface area (Å²) < 4.78 is 0. The van der Waals surface area contributed by atoms with Crippen molar-refractivity contribution in [3.63, 3.8) is 0 Å². The highest BCUT2D eigenvalue weighted by Crippen LogP contribution is 2.59. The lowest BCUT2D eigenvalue weighted by molar-refractivity contribution is -0.136. The van der Waals surface area contributed by atoms with Gasteiger partial charge in [-0.1, -0.05) is 12.8 Å². The largest absolute Gasteiger partial charge is 0.369 e. The summed E-state index contributed by atoms with van der Waals surface area (Å²) in [6.45, 7) is 2.56. The Bertz CT molecular complexity index is 765. The van der Waals surface area contributed by atoms with Gasteiger partial charge in [0, 0.05) is 24.6 Å². The molecule has 0 saturated heterocycles. The van der Waals surface area contributed by atoms with Crippen LogP contribution in [0.1, 0.15) is 75.5 Å². The van der Waals surface area contributed by atoms with Crippen molar-refractivity contribution >= 4 is 11.7 Å². The molecule has 29 heavy (non-hydrogen) atoms. The van der Waals surface area contributed by atoms with Gasteiger partial charge in [-0.2, -0.15) is 0 Å². The summed E-state index contributed by atoms with van der Waals surface area (Å²) >= 11 is 0. The molecule has 5 fully saturated rings. The van der Waals surface area contributed by atoms with Crippen LogP contribution in [0, 0.1) is 29.1 Å². The quantitative estimate of drug-likeness (QED) is 0.832. The molecule has 6 aliphatic rings. The number of amides is 1. The number of carbonyl (C=O) groups is 1. The number of rotatable bonds is 4. The Morgan fingerprint density at radius 3 is 2.45 bits per heavy atom. The van der Waals surface area contributed by atoms with Crippen LogP contribution in [-0.2, 0) is 17.8 Å². The van der Waals surface area contributed by atoms with E-state index in [4.69, 9.17) is 0 Å². The molecular weight excluding hydrogens is 360 g/mol. The Morgan fingerprint density at radius 1 is 1.07 bits per heavy atom. The average molecular weight is 395 g/mol. The van der Waals surface area contributed by atoms with Gasteiger partial charge in [-0.15, -0.1) is 0 Å². The van der Waals surface area contributed by atoms with Gasteiger partial charge in [0.2, 0.25) is 5.91 Å². The Hall–Kier alpha value is -1.65. The first-order chi connectivity index (χ1) is 14.2. The summed E-state index contributed by atoms with van der Waals surface area (Å²) in [5.74, 6) is 4.60. The molecule has 5 aliphatic carbocycles. The zero-order valence-electron chi connectivity index (χ0n) is 17.5. The highest BCUT2D eigenvalue weighted by Gasteiger charge is 2.50. The standard InChI is InChI=1S/C24H34N4O/c29-23(19-3-1-2-4-19)28-6-5-20-21(13-28)26-15-27-22(20)25-14-24-10-16-7-17(11-24)9-18(8-16)12-24/h15-19H,1-14H2,(H,25,26,27). The molecule has 0 spiro atoms. The summed E-state index contributed by atoms with van der Waals surface area (Å²) in [5.41, 5.74) is 2.82. The number of fused-ring (bicyclic) bond motifs is 1. The fourth-order valence-corrected chi connectivity index (χ4v) is 7.90. The van der Waals surface area contributed by atoms with Gasteiger partial charge in [-0.3, -0.25) is 4.79 Å². The van der Waals surface area contributed by atoms with E-state index in [1.807, 2.05) is 4.90 Å². The van der Waals surface area contributed by atoms with E-state index in [9.17, 15) is 4.79 Å². The molecule has 1 N–H and O–H groups in total. The second kappa shape index (κ2) is 6.95. The number of nitrogens with one attached hydrogen (secondary N) is 1. The van der Waals surface area contributed by atoms with E-state index in [1.54, 1.807) is 6.33 Å². The van der Waals surface area contributed by atoms with Gasteiger partial charge in [0.1, 0.15) is 12.1 Å². The molecule has 156 valence electrons. The summed E-state index contributed by atoms with van der Waals surface area (Å²) in [7, 11) is 0. The molecule has 0 unspecified atom stereocenters. The van der Waals surface area contributed by atoms with Gasteiger partial charge in [-0.25, -0.2) is 9.97 Å². The molecule has 7 rings (SSSR count). The second-order valence-electron chi connectivity index (χ2n) is 10.9. The lowest BCUT2D eigenvalue weighted by Gasteiger charge is -2.57. The predicted octanol–water partition coefficient (Wildman–Crippen LogP) is 4.18. The molecule has 5 heteroatoms. The molecule has 1 aromatic rings. The van der Waals surface area contributed by atoms with Crippen molar-refractivity contribution < 1.29 is 4.79 Å². The molecule has 0 radical (unpaired) electrons. The smallest absolute Gasteiger partial charge is 0.226 e. The number of carbonyl (C=O) groups excluding carboxylic acids is 1. The number of nitrogens with zero attached hydrogens (tertiary/aromatic N) is 3. The van der Waals surface area contributed by atoms with Crippen LogP contribution in [-0.4, -0.2) is 33.9 Å². The van der Waals surface area contributed by atoms with Crippen molar-refractivity contribution in [1.29, 1.82) is 0 Å². The van der Waals surface area contributed by atoms with Gasteiger partial charge in [0.05, 0.1) is 12.2 Å². The van der Waals surface area contributed by atoms with Crippen LogP contribution >= 0.6 is 0 Å². The van der Waals surface area contributed by atoms with Crippen molar-refractivity contribution in [1.82, 2.24) is 14.9 Å². The lowest BCUT2D eigenvalue weighted by atomic mass is 9.49. The minimum absolute atomic E-state index is 0.257. The van der Waals surface area contributed by atoms with E-state index in [1.165, 1.54) is 56.9 Å². The van der Waals surface area contributed by atoms with E-state index in [0.29, 0.717) is 17.9 Å². The Labute approximate surface area is 174 Å². The number of hydrogen-bond donors (Lipinski definition) is 1. The van der Waals surface area contributed by atoms with E-state index >= 15 is 0 Å². The van der Waals surface area contributed by atoms with Crippen molar-refractivity contribution in [2.45, 2.75) is 77.2 Å². The molecule has 0 aromatic carbocycles. The molecule has 0 atom stereocenters. The van der Waals surface area contributed by atoms with Gasteiger partial charge >= 0.3 is 0 Å². The van der Waals surface area contributed by atoms with Crippen LogP contribution < -0.4 is 5.32 Å². The maximum atomic E-state index is 12.8. The van der Waals surface area contributed by atoms with E-state index < -0.39 is 0 Å². The fraction of sp³-hybridized carbons (Fsp3) is 0.792. The Balaban J connectivity index is 1.15. The molecule has 1 aliphatic heterocycles. The average Bonchev–Trinajstić information content (AvgIpc) is 3.25. The Morgan fingerprint density at radius 2 is 1.76 bits per heavy atom. The van der Waals surface area contributed by atoms with Gasteiger partial charge < -0.3 is 10.2 Å². The fourth-order valence-electron chi connectivity index (χ4n) is 7.90. The molecule has 5 saturated carbocycles. The summed E-state index contributed by atoms with van der Waals surface area (Å²) in [6, 6.07) is 0. The van der Waals surface area contributed by atoms with Gasteiger partial charge in [0.15, 0.2) is 0 Å². The predicted molar refractivity (Wildman–Crippen MR) is 112 cm³/mol. The minimum atomic E-state index is 0.257. The molecule has 4 bridgehead atoms. The SMILES string of the molecule is O=C(C1CCCC1)N1CCc2c(ncnc2NCC23CC4CC(CC(C4)C2)C3)C1. The van der Waals surface area contributed by atoms with Gasteiger partial charge in [0.25, 0.3) is 0 Å². The first kappa shape index (κ1) is 18.1. The molecule has 1 aromatic heterocycles. The summed E-state index contributed by atoms with van der Waals surface area (Å²) in [5, 5.41) is 3.77. The zero-order valence-corrected chi connectivity index (χ0v) is 17.5. The highest BCUT2D eigenvalue weighted by atomic mass is 16.2. The lowest BCUT2D eigenvalue weighted by Crippen LogP contribution is -2.49. The number of anilines is 1. The monoisotopic (exact) mass is 394 g/mol. The van der Waals surface area contributed by atoms with E-state index in [2.05, 4.69) is 15.3 Å².